The van der Waals surface area contributed by atoms with Gasteiger partial charge in [-0.2, -0.15) is 0 Å². The predicted octanol–water partition coefficient (Wildman–Crippen LogP) is -1.65. The number of hydrogen-bond acceptors (Lipinski definition) is 5. The summed E-state index contributed by atoms with van der Waals surface area (Å²) in [5.74, 6) is 0. The Morgan fingerprint density at radius 2 is 2.14 bits per heavy atom. The molecule has 0 aliphatic heterocycles. The summed E-state index contributed by atoms with van der Waals surface area (Å²) in [4.78, 5) is 10.1. The van der Waals surface area contributed by atoms with E-state index in [0.717, 1.165) is 0 Å². The molecule has 84 valence electrons. The quantitative estimate of drug-likeness (QED) is 0.467. The highest BCUT2D eigenvalue weighted by Crippen LogP contribution is 1.94. The van der Waals surface area contributed by atoms with Crippen molar-refractivity contribution >= 4 is 16.1 Å². The first-order valence-corrected chi connectivity index (χ1v) is 5.55. The number of nitrogens with two attached hydrogens (primary N) is 2. The second kappa shape index (κ2) is 5.78. The molecule has 0 aliphatic rings. The molecule has 0 bridgehead atoms. The van der Waals surface area contributed by atoms with E-state index in [0.29, 0.717) is 0 Å². The van der Waals surface area contributed by atoms with Crippen LogP contribution in [0.5, 0.6) is 0 Å². The van der Waals surface area contributed by atoms with Crippen LogP contribution in [0.25, 0.3) is 0 Å². The highest BCUT2D eigenvalue weighted by Gasteiger charge is 2.17. The smallest absolute Gasteiger partial charge is 0.404 e. The Hall–Kier alpha value is -0.860. The molecule has 0 spiro atoms. The zero-order valence-corrected chi connectivity index (χ0v) is 8.71. The third kappa shape index (κ3) is 5.00. The summed E-state index contributed by atoms with van der Waals surface area (Å²) in [6.07, 6.45) is -0.934. The highest BCUT2D eigenvalue weighted by atomic mass is 32.2. The minimum atomic E-state index is -3.42. The Labute approximate surface area is 82.8 Å². The van der Waals surface area contributed by atoms with Gasteiger partial charge in [-0.1, -0.05) is 0 Å². The molecule has 0 rings (SSSR count). The molecule has 14 heavy (non-hydrogen) atoms. The molecule has 1 atom stereocenters. The molecule has 7 nitrogen and oxygen atoms in total. The Balaban J connectivity index is 3.83. The molecule has 8 heteroatoms. The van der Waals surface area contributed by atoms with Crippen LogP contribution in [0.2, 0.25) is 0 Å². The first-order valence-electron chi connectivity index (χ1n) is 4.01. The standard InChI is InChI=1S/C6H15N3O4S/c1-5(4-7)14(11,12)9-2-3-13-6(8)10/h5,9H,2-4,7H2,1H3,(H2,8,10). The van der Waals surface area contributed by atoms with Crippen molar-refractivity contribution in [2.75, 3.05) is 19.7 Å². The van der Waals surface area contributed by atoms with Crippen LogP contribution in [0.4, 0.5) is 4.79 Å². The van der Waals surface area contributed by atoms with Gasteiger partial charge < -0.3 is 16.2 Å². The van der Waals surface area contributed by atoms with E-state index in [4.69, 9.17) is 5.73 Å². The first kappa shape index (κ1) is 13.1. The number of sulfonamides is 1. The number of amides is 1. The second-order valence-electron chi connectivity index (χ2n) is 2.65. The highest BCUT2D eigenvalue weighted by molar-refractivity contribution is 7.90. The van der Waals surface area contributed by atoms with Crippen LogP contribution in [0, 0.1) is 0 Å². The van der Waals surface area contributed by atoms with E-state index in [-0.39, 0.29) is 19.7 Å². The van der Waals surface area contributed by atoms with Gasteiger partial charge in [0.1, 0.15) is 6.61 Å². The van der Waals surface area contributed by atoms with Gasteiger partial charge in [0.25, 0.3) is 0 Å². The van der Waals surface area contributed by atoms with Crippen LogP contribution >= 0.6 is 0 Å². The minimum Gasteiger partial charge on any atom is -0.448 e. The summed E-state index contributed by atoms with van der Waals surface area (Å²) in [5.41, 5.74) is 9.86. The van der Waals surface area contributed by atoms with E-state index < -0.39 is 21.4 Å². The number of hydrogen-bond donors (Lipinski definition) is 3. The third-order valence-corrected chi connectivity index (χ3v) is 3.37. The van der Waals surface area contributed by atoms with Gasteiger partial charge in [0.2, 0.25) is 10.0 Å². The Morgan fingerprint density at radius 1 is 1.57 bits per heavy atom. The zero-order valence-electron chi connectivity index (χ0n) is 7.89. The van der Waals surface area contributed by atoms with Crippen molar-refractivity contribution in [1.82, 2.24) is 4.72 Å². The number of primary amides is 1. The fraction of sp³-hybridized carbons (Fsp3) is 0.833. The van der Waals surface area contributed by atoms with E-state index in [1.165, 1.54) is 6.92 Å². The normalized spacial score (nSPS) is 13.6. The van der Waals surface area contributed by atoms with Crippen molar-refractivity contribution in [1.29, 1.82) is 0 Å². The molecule has 0 aromatic carbocycles. The lowest BCUT2D eigenvalue weighted by atomic mass is 10.5. The van der Waals surface area contributed by atoms with Crippen LogP contribution in [0.1, 0.15) is 6.92 Å². The average Bonchev–Trinajstić information content (AvgIpc) is 2.10. The third-order valence-electron chi connectivity index (χ3n) is 1.51. The van der Waals surface area contributed by atoms with Gasteiger partial charge in [0.05, 0.1) is 5.25 Å². The summed E-state index contributed by atoms with van der Waals surface area (Å²) < 4.78 is 29.0. The summed E-state index contributed by atoms with van der Waals surface area (Å²) in [6, 6.07) is 0. The van der Waals surface area contributed by atoms with E-state index >= 15 is 0 Å². The van der Waals surface area contributed by atoms with Crippen molar-refractivity contribution in [2.24, 2.45) is 11.5 Å². The lowest BCUT2D eigenvalue weighted by Crippen LogP contribution is -2.38. The Morgan fingerprint density at radius 3 is 2.57 bits per heavy atom. The fourth-order valence-electron chi connectivity index (χ4n) is 0.604. The van der Waals surface area contributed by atoms with Crippen LogP contribution in [0.15, 0.2) is 0 Å². The van der Waals surface area contributed by atoms with Crippen LogP contribution in [-0.2, 0) is 14.8 Å². The van der Waals surface area contributed by atoms with Crippen molar-refractivity contribution in [3.63, 3.8) is 0 Å². The first-order chi connectivity index (χ1) is 6.40. The molecule has 1 amide bonds. The summed E-state index contributed by atoms with van der Waals surface area (Å²) >= 11 is 0. The number of carbonyl (C=O) groups excluding carboxylic acids is 1. The monoisotopic (exact) mass is 225 g/mol. The summed E-state index contributed by atoms with van der Waals surface area (Å²) in [7, 11) is -3.42. The fourth-order valence-corrected chi connectivity index (χ4v) is 1.51. The Kier molecular flexibility index (Phi) is 5.43. The maximum atomic E-state index is 11.2. The topological polar surface area (TPSA) is 125 Å². The van der Waals surface area contributed by atoms with Crippen LogP contribution in [-0.4, -0.2) is 39.5 Å². The number of ether oxygens (including phenoxy) is 1. The number of rotatable bonds is 6. The molecule has 0 radical (unpaired) electrons. The molecule has 5 N–H and O–H groups in total. The van der Waals surface area contributed by atoms with Gasteiger partial charge >= 0.3 is 6.09 Å². The molecule has 0 aliphatic carbocycles. The SMILES string of the molecule is CC(CN)S(=O)(=O)NCCOC(N)=O. The number of nitrogens with one attached hydrogen (secondary N) is 1. The predicted molar refractivity (Wildman–Crippen MR) is 51.0 cm³/mol. The van der Waals surface area contributed by atoms with Crippen LogP contribution < -0.4 is 16.2 Å². The molecular weight excluding hydrogens is 210 g/mol. The molecule has 0 saturated carbocycles. The summed E-state index contributed by atoms with van der Waals surface area (Å²) in [5, 5.41) is -0.670. The van der Waals surface area contributed by atoms with Gasteiger partial charge in [-0.25, -0.2) is 17.9 Å². The van der Waals surface area contributed by atoms with E-state index in [2.05, 4.69) is 15.2 Å². The molecule has 1 unspecified atom stereocenters. The maximum absolute atomic E-state index is 11.2. The summed E-state index contributed by atoms with van der Waals surface area (Å²) in [6.45, 7) is 1.42. The van der Waals surface area contributed by atoms with Gasteiger partial charge in [-0.05, 0) is 6.92 Å². The van der Waals surface area contributed by atoms with Gasteiger partial charge in [-0.3, -0.25) is 0 Å². The van der Waals surface area contributed by atoms with Crippen LogP contribution in [0.3, 0.4) is 0 Å². The molecule has 0 saturated heterocycles. The second-order valence-corrected chi connectivity index (χ2v) is 4.84. The van der Waals surface area contributed by atoms with Gasteiger partial charge in [0, 0.05) is 13.1 Å². The van der Waals surface area contributed by atoms with E-state index in [1.54, 1.807) is 0 Å². The largest absolute Gasteiger partial charge is 0.448 e. The van der Waals surface area contributed by atoms with Gasteiger partial charge in [0.15, 0.2) is 0 Å². The average molecular weight is 225 g/mol. The van der Waals surface area contributed by atoms with Crippen molar-refractivity contribution in [3.8, 4) is 0 Å². The van der Waals surface area contributed by atoms with Crippen molar-refractivity contribution in [2.45, 2.75) is 12.2 Å². The minimum absolute atomic E-state index is 0.00435. The van der Waals surface area contributed by atoms with Crippen molar-refractivity contribution < 1.29 is 17.9 Å². The number of carbonyl (C=O) groups is 1. The zero-order chi connectivity index (χ0) is 11.2. The maximum Gasteiger partial charge on any atom is 0.404 e. The Bertz CT molecular complexity index is 277. The molecular formula is C6H15N3O4S. The van der Waals surface area contributed by atoms with Gasteiger partial charge in [-0.15, -0.1) is 0 Å². The molecule has 0 fully saturated rings. The molecule has 0 heterocycles. The lowest BCUT2D eigenvalue weighted by molar-refractivity contribution is 0.159. The van der Waals surface area contributed by atoms with E-state index in [1.807, 2.05) is 0 Å². The molecule has 0 aromatic heterocycles. The van der Waals surface area contributed by atoms with Crippen molar-refractivity contribution in [3.05, 3.63) is 0 Å². The van der Waals surface area contributed by atoms with E-state index in [9.17, 15) is 13.2 Å². The molecule has 0 aromatic rings. The lowest BCUT2D eigenvalue weighted by Gasteiger charge is -2.11.